The number of aromatic nitrogens is 1. The maximum atomic E-state index is 13.7. The molecule has 0 aliphatic rings. The number of benzene rings is 1. The number of ether oxygens (including phenoxy) is 1. The summed E-state index contributed by atoms with van der Waals surface area (Å²) < 4.78 is 18.9. The van der Waals surface area contributed by atoms with Gasteiger partial charge in [-0.25, -0.2) is 9.18 Å². The van der Waals surface area contributed by atoms with Crippen molar-refractivity contribution < 1.29 is 13.9 Å². The molecule has 0 spiro atoms. The number of fused-ring (bicyclic) bond motifs is 1. The lowest BCUT2D eigenvalue weighted by atomic mass is 10.2. The predicted molar refractivity (Wildman–Crippen MR) is 57.3 cm³/mol. The fraction of sp³-hybridized carbons (Fsp3) is 0.100. The third-order valence-corrected chi connectivity index (χ3v) is 2.58. The van der Waals surface area contributed by atoms with Crippen molar-refractivity contribution in [1.82, 2.24) is 4.98 Å². The van der Waals surface area contributed by atoms with Gasteiger partial charge in [-0.2, -0.15) is 0 Å². The van der Waals surface area contributed by atoms with Crippen LogP contribution < -0.4 is 0 Å². The molecule has 0 aliphatic carbocycles. The van der Waals surface area contributed by atoms with Crippen LogP contribution in [0.3, 0.4) is 0 Å². The summed E-state index contributed by atoms with van der Waals surface area (Å²) in [6.45, 7) is 0. The second-order valence-corrected chi connectivity index (χ2v) is 3.91. The van der Waals surface area contributed by atoms with Crippen molar-refractivity contribution in [3.05, 3.63) is 34.2 Å². The van der Waals surface area contributed by atoms with Gasteiger partial charge >= 0.3 is 5.97 Å². The van der Waals surface area contributed by atoms with E-state index in [1.165, 1.54) is 7.11 Å². The van der Waals surface area contributed by atoms with Crippen LogP contribution in [0.25, 0.3) is 10.9 Å². The topological polar surface area (TPSA) is 42.1 Å². The Morgan fingerprint density at radius 1 is 1.53 bits per heavy atom. The lowest BCUT2D eigenvalue weighted by Gasteiger charge is -1.93. The van der Waals surface area contributed by atoms with Gasteiger partial charge in [0.25, 0.3) is 0 Å². The summed E-state index contributed by atoms with van der Waals surface area (Å²) in [5.74, 6) is -1.29. The van der Waals surface area contributed by atoms with Gasteiger partial charge < -0.3 is 9.72 Å². The first-order valence-corrected chi connectivity index (χ1v) is 4.98. The fourth-order valence-corrected chi connectivity index (χ4v) is 1.74. The number of halogens is 2. The number of methoxy groups -OCH3 is 1. The average Bonchev–Trinajstić information content (AvgIpc) is 2.54. The number of hydrogen-bond donors (Lipinski definition) is 1. The number of rotatable bonds is 1. The van der Waals surface area contributed by atoms with Gasteiger partial charge in [0, 0.05) is 9.86 Å². The van der Waals surface area contributed by atoms with E-state index in [9.17, 15) is 9.18 Å². The molecule has 2 rings (SSSR count). The Balaban J connectivity index is 2.69. The summed E-state index contributed by atoms with van der Waals surface area (Å²) in [5, 5.41) is 0.374. The average molecular weight is 272 g/mol. The molecular weight excluding hydrogens is 265 g/mol. The highest BCUT2D eigenvalue weighted by Crippen LogP contribution is 2.24. The number of esters is 1. The van der Waals surface area contributed by atoms with E-state index in [1.54, 1.807) is 18.2 Å². The van der Waals surface area contributed by atoms with E-state index in [-0.39, 0.29) is 5.69 Å². The Kier molecular flexibility index (Phi) is 2.48. The minimum absolute atomic E-state index is 0.148. The largest absolute Gasteiger partial charge is 0.464 e. The molecule has 0 bridgehead atoms. The molecule has 1 aromatic heterocycles. The van der Waals surface area contributed by atoms with Crippen molar-refractivity contribution in [1.29, 1.82) is 0 Å². The van der Waals surface area contributed by atoms with Crippen LogP contribution in [0.1, 0.15) is 10.5 Å². The van der Waals surface area contributed by atoms with Crippen LogP contribution in [0.2, 0.25) is 0 Å². The van der Waals surface area contributed by atoms with Crippen molar-refractivity contribution in [2.75, 3.05) is 7.11 Å². The number of nitrogens with one attached hydrogen (secondary N) is 1. The lowest BCUT2D eigenvalue weighted by molar-refractivity contribution is 0.0590. The Hall–Kier alpha value is -1.36. The first-order valence-electron chi connectivity index (χ1n) is 4.18. The van der Waals surface area contributed by atoms with E-state index in [4.69, 9.17) is 0 Å². The molecule has 15 heavy (non-hydrogen) atoms. The quantitative estimate of drug-likeness (QED) is 0.811. The summed E-state index contributed by atoms with van der Waals surface area (Å²) >= 11 is 3.26. The maximum absolute atomic E-state index is 13.7. The number of H-pyrrole nitrogens is 1. The van der Waals surface area contributed by atoms with Gasteiger partial charge in [0.15, 0.2) is 11.5 Å². The first-order chi connectivity index (χ1) is 7.13. The van der Waals surface area contributed by atoms with Gasteiger partial charge in [-0.05, 0) is 18.2 Å². The van der Waals surface area contributed by atoms with Crippen LogP contribution >= 0.6 is 15.9 Å². The molecule has 1 heterocycles. The molecule has 0 saturated carbocycles. The van der Waals surface area contributed by atoms with Crippen molar-refractivity contribution in [3.63, 3.8) is 0 Å². The van der Waals surface area contributed by atoms with Crippen LogP contribution in [-0.4, -0.2) is 18.1 Å². The lowest BCUT2D eigenvalue weighted by Crippen LogP contribution is -2.03. The summed E-state index contributed by atoms with van der Waals surface area (Å²) in [5.41, 5.74) is 0.410. The maximum Gasteiger partial charge on any atom is 0.357 e. The number of hydrogen-bond acceptors (Lipinski definition) is 2. The second-order valence-electron chi connectivity index (χ2n) is 3.00. The van der Waals surface area contributed by atoms with Crippen molar-refractivity contribution >= 4 is 32.8 Å². The normalized spacial score (nSPS) is 10.6. The molecule has 0 aliphatic heterocycles. The molecule has 2 aromatic rings. The van der Waals surface area contributed by atoms with Crippen LogP contribution in [0.5, 0.6) is 0 Å². The first kappa shape index (κ1) is 10.2. The smallest absolute Gasteiger partial charge is 0.357 e. The SMILES string of the molecule is COC(=O)c1[nH]c2cc(Br)ccc2c1F. The Morgan fingerprint density at radius 3 is 2.93 bits per heavy atom. The van der Waals surface area contributed by atoms with Crippen LogP contribution in [0.15, 0.2) is 22.7 Å². The molecule has 0 amide bonds. The van der Waals surface area contributed by atoms with Crippen molar-refractivity contribution in [2.45, 2.75) is 0 Å². The van der Waals surface area contributed by atoms with Gasteiger partial charge in [-0.15, -0.1) is 0 Å². The highest BCUT2D eigenvalue weighted by atomic mass is 79.9. The molecule has 0 radical (unpaired) electrons. The summed E-state index contributed by atoms with van der Waals surface area (Å²) in [4.78, 5) is 13.9. The van der Waals surface area contributed by atoms with Gasteiger partial charge in [0.05, 0.1) is 12.6 Å². The third kappa shape index (κ3) is 1.63. The third-order valence-electron chi connectivity index (χ3n) is 2.09. The minimum Gasteiger partial charge on any atom is -0.464 e. The molecule has 78 valence electrons. The Labute approximate surface area is 93.4 Å². The molecule has 5 heteroatoms. The standard InChI is InChI=1S/C10H7BrFNO2/c1-15-10(14)9-8(12)6-3-2-5(11)4-7(6)13-9/h2-4,13H,1H3. The Morgan fingerprint density at radius 2 is 2.27 bits per heavy atom. The summed E-state index contributed by atoms with van der Waals surface area (Å²) in [6.07, 6.45) is 0. The zero-order valence-corrected chi connectivity index (χ0v) is 9.39. The van der Waals surface area contributed by atoms with E-state index in [0.29, 0.717) is 10.9 Å². The van der Waals surface area contributed by atoms with Gasteiger partial charge in [-0.1, -0.05) is 15.9 Å². The molecule has 1 N–H and O–H groups in total. The van der Waals surface area contributed by atoms with E-state index in [2.05, 4.69) is 25.7 Å². The number of carbonyl (C=O) groups excluding carboxylic acids is 1. The highest BCUT2D eigenvalue weighted by molar-refractivity contribution is 9.10. The monoisotopic (exact) mass is 271 g/mol. The van der Waals surface area contributed by atoms with Crippen molar-refractivity contribution in [3.8, 4) is 0 Å². The second kappa shape index (κ2) is 3.66. The molecular formula is C10H7BrFNO2. The fourth-order valence-electron chi connectivity index (χ4n) is 1.38. The van der Waals surface area contributed by atoms with Crippen molar-refractivity contribution in [2.24, 2.45) is 0 Å². The van der Waals surface area contributed by atoms with Crippen LogP contribution in [0.4, 0.5) is 4.39 Å². The van der Waals surface area contributed by atoms with Gasteiger partial charge in [0.1, 0.15) is 0 Å². The molecule has 0 unspecified atom stereocenters. The highest BCUT2D eigenvalue weighted by Gasteiger charge is 2.18. The van der Waals surface area contributed by atoms with E-state index >= 15 is 0 Å². The van der Waals surface area contributed by atoms with Crippen LogP contribution in [0, 0.1) is 5.82 Å². The summed E-state index contributed by atoms with van der Waals surface area (Å²) in [7, 11) is 1.21. The van der Waals surface area contributed by atoms with Crippen LogP contribution in [-0.2, 0) is 4.74 Å². The Bertz CT molecular complexity index is 535. The van der Waals surface area contributed by atoms with E-state index in [1.807, 2.05) is 0 Å². The van der Waals surface area contributed by atoms with E-state index < -0.39 is 11.8 Å². The van der Waals surface area contributed by atoms with Gasteiger partial charge in [0.2, 0.25) is 0 Å². The number of aromatic amines is 1. The molecule has 0 saturated heterocycles. The molecule has 0 fully saturated rings. The van der Waals surface area contributed by atoms with Gasteiger partial charge in [-0.3, -0.25) is 0 Å². The summed E-state index contributed by atoms with van der Waals surface area (Å²) in [6, 6.07) is 5.00. The number of carbonyl (C=O) groups is 1. The zero-order valence-electron chi connectivity index (χ0n) is 7.80. The predicted octanol–water partition coefficient (Wildman–Crippen LogP) is 2.86. The molecule has 0 atom stereocenters. The minimum atomic E-state index is -0.708. The zero-order chi connectivity index (χ0) is 11.0. The van der Waals surface area contributed by atoms with E-state index in [0.717, 1.165) is 4.47 Å². The molecule has 1 aromatic carbocycles. The molecule has 3 nitrogen and oxygen atoms in total.